The van der Waals surface area contributed by atoms with Crippen LogP contribution in [-0.4, -0.2) is 31.5 Å². The van der Waals surface area contributed by atoms with Gasteiger partial charge in [-0.1, -0.05) is 15.9 Å². The lowest BCUT2D eigenvalue weighted by atomic mass is 10.3. The van der Waals surface area contributed by atoms with Crippen molar-refractivity contribution in [2.45, 2.75) is 19.3 Å². The van der Waals surface area contributed by atoms with Gasteiger partial charge in [0.1, 0.15) is 0 Å². The number of halogens is 1. The molecule has 0 spiro atoms. The first-order valence-corrected chi connectivity index (χ1v) is 8.36. The zero-order valence-corrected chi connectivity index (χ0v) is 9.84. The highest BCUT2D eigenvalue weighted by Gasteiger charge is 2.14. The van der Waals surface area contributed by atoms with Gasteiger partial charge in [0.15, 0.2) is 0 Å². The molecule has 0 saturated heterocycles. The van der Waals surface area contributed by atoms with Crippen molar-refractivity contribution in [3.63, 3.8) is 0 Å². The average molecular weight is 226 g/mol. The van der Waals surface area contributed by atoms with Crippen LogP contribution in [0.4, 0.5) is 0 Å². The average Bonchev–Trinajstić information content (AvgIpc) is 1.78. The van der Waals surface area contributed by atoms with Gasteiger partial charge in [-0.2, -0.15) is 0 Å². The molecule has 0 aliphatic carbocycles. The van der Waals surface area contributed by atoms with E-state index in [1.807, 2.05) is 0 Å². The number of alkyl halides is 1. The van der Waals surface area contributed by atoms with Crippen LogP contribution in [0.1, 0.15) is 19.3 Å². The Morgan fingerprint density at radius 3 is 2.00 bits per heavy atom. The first kappa shape index (κ1) is 10.9. The fourth-order valence-corrected chi connectivity index (χ4v) is 2.43. The molecule has 0 unspecified atom stereocenters. The lowest BCUT2D eigenvalue weighted by Crippen LogP contribution is -1.92. The van der Waals surface area contributed by atoms with Crippen molar-refractivity contribution in [2.24, 2.45) is 0 Å². The Kier molecular flexibility index (Phi) is 6.05. The van der Waals surface area contributed by atoms with Crippen molar-refractivity contribution in [1.82, 2.24) is 0 Å². The quantitative estimate of drug-likeness (QED) is 0.382. The maximum atomic E-state index is 3.44. The van der Waals surface area contributed by atoms with Crippen molar-refractivity contribution in [3.8, 4) is 0 Å². The van der Waals surface area contributed by atoms with E-state index in [1.54, 1.807) is 0 Å². The minimum Gasteiger partial charge on any atom is -0.0928 e. The number of hydrogen-bond acceptors (Lipinski definition) is 0. The molecule has 0 N–H and O–H groups in total. The molecule has 0 aromatic rings. The van der Waals surface area contributed by atoms with Crippen LogP contribution in [0, 0.1) is 0 Å². The normalized spacial score (nSPS) is 12.0. The summed E-state index contributed by atoms with van der Waals surface area (Å²) in [6, 6.07) is 0. The van der Waals surface area contributed by atoms with E-state index in [-0.39, 0.29) is 0 Å². The fraction of sp³-hybridized carbons (Fsp3) is 1.00. The predicted molar refractivity (Wildman–Crippen MR) is 57.2 cm³/mol. The van der Waals surface area contributed by atoms with Crippen molar-refractivity contribution < 1.29 is 0 Å². The van der Waals surface area contributed by atoms with Crippen molar-refractivity contribution in [2.75, 3.05) is 31.5 Å². The largest absolute Gasteiger partial charge is 0.0928 e. The summed E-state index contributed by atoms with van der Waals surface area (Å²) >= 11 is 3.44. The Morgan fingerprint density at radius 1 is 1.00 bits per heavy atom. The molecule has 0 radical (unpaired) electrons. The SMILES string of the molecule is C[P+](C)(C)CCCCCBr. The third kappa shape index (κ3) is 8.91. The maximum absolute atomic E-state index is 3.44. The predicted octanol–water partition coefficient (Wildman–Crippen LogP) is 3.46. The van der Waals surface area contributed by atoms with Gasteiger partial charge in [0, 0.05) is 32.6 Å². The molecule has 0 atom stereocenters. The van der Waals surface area contributed by atoms with Crippen LogP contribution >= 0.6 is 23.2 Å². The molecule has 0 bridgehead atoms. The van der Waals surface area contributed by atoms with Gasteiger partial charge < -0.3 is 0 Å². The molecule has 0 aliphatic heterocycles. The van der Waals surface area contributed by atoms with E-state index in [2.05, 4.69) is 35.9 Å². The van der Waals surface area contributed by atoms with Crippen molar-refractivity contribution in [3.05, 3.63) is 0 Å². The van der Waals surface area contributed by atoms with E-state index < -0.39 is 7.26 Å². The summed E-state index contributed by atoms with van der Waals surface area (Å²) in [4.78, 5) is 0. The van der Waals surface area contributed by atoms with Gasteiger partial charge in [-0.3, -0.25) is 0 Å². The van der Waals surface area contributed by atoms with E-state index >= 15 is 0 Å². The smallest absolute Gasteiger partial charge is 0.0586 e. The van der Waals surface area contributed by atoms with Crippen LogP contribution in [0.5, 0.6) is 0 Å². The van der Waals surface area contributed by atoms with Crippen LogP contribution in [0.15, 0.2) is 0 Å². The van der Waals surface area contributed by atoms with Gasteiger partial charge in [0.2, 0.25) is 0 Å². The van der Waals surface area contributed by atoms with Crippen molar-refractivity contribution in [1.29, 1.82) is 0 Å². The Bertz CT molecular complexity index is 75.8. The zero-order valence-electron chi connectivity index (χ0n) is 7.36. The molecule has 0 aliphatic rings. The lowest BCUT2D eigenvalue weighted by molar-refractivity contribution is 0.784. The number of hydrogen-bond donors (Lipinski definition) is 0. The molecule has 0 rings (SSSR count). The van der Waals surface area contributed by atoms with Gasteiger partial charge >= 0.3 is 0 Å². The minimum absolute atomic E-state index is 0.471. The molecule has 0 amide bonds. The first-order valence-electron chi connectivity index (χ1n) is 3.93. The molecular formula is C8H19BrP+. The zero-order chi connectivity index (χ0) is 8.04. The van der Waals surface area contributed by atoms with Gasteiger partial charge in [-0.15, -0.1) is 0 Å². The van der Waals surface area contributed by atoms with E-state index in [1.165, 1.54) is 30.8 Å². The van der Waals surface area contributed by atoms with Crippen LogP contribution in [0.3, 0.4) is 0 Å². The van der Waals surface area contributed by atoms with Gasteiger partial charge in [0.05, 0.1) is 6.16 Å². The summed E-state index contributed by atoms with van der Waals surface area (Å²) in [5.41, 5.74) is 0. The summed E-state index contributed by atoms with van der Waals surface area (Å²) in [5, 5.41) is 1.18. The van der Waals surface area contributed by atoms with Gasteiger partial charge in [-0.25, -0.2) is 0 Å². The fourth-order valence-electron chi connectivity index (χ4n) is 0.857. The second-order valence-electron chi connectivity index (χ2n) is 3.76. The number of unbranched alkanes of at least 4 members (excludes halogenated alkanes) is 2. The monoisotopic (exact) mass is 225 g/mol. The molecule has 2 heteroatoms. The molecule has 0 saturated carbocycles. The van der Waals surface area contributed by atoms with Crippen LogP contribution in [0.2, 0.25) is 0 Å². The topological polar surface area (TPSA) is 0 Å². The second kappa shape index (κ2) is 5.55. The van der Waals surface area contributed by atoms with Gasteiger partial charge in [0.25, 0.3) is 0 Å². The molecule has 62 valence electrons. The third-order valence-corrected chi connectivity index (χ3v) is 3.68. The molecule has 0 nitrogen and oxygen atoms in total. The van der Waals surface area contributed by atoms with E-state index in [0.717, 1.165) is 0 Å². The van der Waals surface area contributed by atoms with E-state index in [0.29, 0.717) is 0 Å². The standard InChI is InChI=1S/C8H19BrP/c1-10(2,3)8-6-4-5-7-9/h4-8H2,1-3H3/q+1. The molecule has 0 fully saturated rings. The summed E-state index contributed by atoms with van der Waals surface area (Å²) in [7, 11) is -0.471. The maximum Gasteiger partial charge on any atom is 0.0586 e. The highest BCUT2D eigenvalue weighted by Crippen LogP contribution is 2.47. The minimum atomic E-state index is -0.471. The second-order valence-corrected chi connectivity index (χ2v) is 9.58. The number of rotatable bonds is 5. The Morgan fingerprint density at radius 2 is 1.60 bits per heavy atom. The highest BCUT2D eigenvalue weighted by molar-refractivity contribution is 9.09. The van der Waals surface area contributed by atoms with E-state index in [4.69, 9.17) is 0 Å². The summed E-state index contributed by atoms with van der Waals surface area (Å²) in [6.07, 6.45) is 5.66. The highest BCUT2D eigenvalue weighted by atomic mass is 79.9. The Hall–Kier alpha value is 0.910. The Labute approximate surface area is 74.2 Å². The van der Waals surface area contributed by atoms with Gasteiger partial charge in [-0.05, 0) is 19.3 Å². The lowest BCUT2D eigenvalue weighted by Gasteiger charge is -2.10. The summed E-state index contributed by atoms with van der Waals surface area (Å²) < 4.78 is 0. The third-order valence-electron chi connectivity index (χ3n) is 1.46. The van der Waals surface area contributed by atoms with Crippen LogP contribution in [-0.2, 0) is 0 Å². The molecule has 10 heavy (non-hydrogen) atoms. The molecular weight excluding hydrogens is 207 g/mol. The van der Waals surface area contributed by atoms with E-state index in [9.17, 15) is 0 Å². The Balaban J connectivity index is 3.04. The van der Waals surface area contributed by atoms with Crippen molar-refractivity contribution >= 4 is 23.2 Å². The molecule has 0 aromatic heterocycles. The summed E-state index contributed by atoms with van der Waals surface area (Å²) in [6.45, 7) is 7.25. The summed E-state index contributed by atoms with van der Waals surface area (Å²) in [5.74, 6) is 0. The van der Waals surface area contributed by atoms with Crippen LogP contribution in [0.25, 0.3) is 0 Å². The molecule has 0 aromatic carbocycles. The van der Waals surface area contributed by atoms with Crippen LogP contribution < -0.4 is 0 Å². The first-order chi connectivity index (χ1) is 4.56. The molecule has 0 heterocycles.